The lowest BCUT2D eigenvalue weighted by atomic mass is 10.0. The Morgan fingerprint density at radius 2 is 1.75 bits per heavy atom. The molecule has 0 aliphatic carbocycles. The minimum absolute atomic E-state index is 0.0658. The van der Waals surface area contributed by atoms with Gasteiger partial charge >= 0.3 is 0 Å². The molecule has 1 heterocycles. The highest BCUT2D eigenvalue weighted by Crippen LogP contribution is 2.20. The predicted molar refractivity (Wildman–Crippen MR) is 80.1 cm³/mol. The van der Waals surface area contributed by atoms with Crippen molar-refractivity contribution in [2.24, 2.45) is 0 Å². The van der Waals surface area contributed by atoms with E-state index in [0.717, 1.165) is 31.7 Å². The smallest absolute Gasteiger partial charge is 0.254 e. The summed E-state index contributed by atoms with van der Waals surface area (Å²) in [5, 5.41) is 9.42. The Morgan fingerprint density at radius 3 is 2.25 bits per heavy atom. The highest BCUT2D eigenvalue weighted by Gasteiger charge is 2.28. The molecule has 1 amide bonds. The summed E-state index contributed by atoms with van der Waals surface area (Å²) in [6.45, 7) is 11.8. The largest absolute Gasteiger partial charge is 0.508 e. The monoisotopic (exact) mass is 276 g/mol. The summed E-state index contributed by atoms with van der Waals surface area (Å²) in [6, 6.07) is 4.92. The molecule has 4 nitrogen and oxygen atoms in total. The molecule has 20 heavy (non-hydrogen) atoms. The Kier molecular flexibility index (Phi) is 4.04. The SMILES string of the molecule is Cc1cc(O)ccc1C(=O)N1CCN(C(C)(C)C)CC1. The summed E-state index contributed by atoms with van der Waals surface area (Å²) in [6.07, 6.45) is 0. The van der Waals surface area contributed by atoms with Crippen LogP contribution in [-0.4, -0.2) is 52.5 Å². The number of phenols is 1. The molecule has 1 aromatic rings. The van der Waals surface area contributed by atoms with E-state index in [9.17, 15) is 9.90 Å². The van der Waals surface area contributed by atoms with Crippen LogP contribution >= 0.6 is 0 Å². The van der Waals surface area contributed by atoms with Crippen LogP contribution in [-0.2, 0) is 0 Å². The van der Waals surface area contributed by atoms with Gasteiger partial charge in [-0.3, -0.25) is 9.69 Å². The van der Waals surface area contributed by atoms with Crippen molar-refractivity contribution >= 4 is 5.91 Å². The molecule has 1 saturated heterocycles. The normalized spacial score (nSPS) is 17.3. The first-order chi connectivity index (χ1) is 9.29. The molecule has 110 valence electrons. The van der Waals surface area contributed by atoms with Crippen molar-refractivity contribution in [3.63, 3.8) is 0 Å². The number of rotatable bonds is 1. The number of hydrogen-bond donors (Lipinski definition) is 1. The molecule has 0 spiro atoms. The maximum Gasteiger partial charge on any atom is 0.254 e. The molecule has 1 N–H and O–H groups in total. The van der Waals surface area contributed by atoms with Crippen LogP contribution in [0.4, 0.5) is 0 Å². The molecule has 1 aliphatic heterocycles. The van der Waals surface area contributed by atoms with Gasteiger partial charge < -0.3 is 10.0 Å². The third-order valence-electron chi connectivity index (χ3n) is 3.96. The standard InChI is InChI=1S/C16H24N2O2/c1-12-11-13(19)5-6-14(12)15(20)17-7-9-18(10-8-17)16(2,3)4/h5-6,11,19H,7-10H2,1-4H3. The van der Waals surface area contributed by atoms with Gasteiger partial charge in [0.25, 0.3) is 5.91 Å². The maximum absolute atomic E-state index is 12.5. The van der Waals surface area contributed by atoms with Crippen LogP contribution in [0.15, 0.2) is 18.2 Å². The zero-order valence-electron chi connectivity index (χ0n) is 12.8. The fraction of sp³-hybridized carbons (Fsp3) is 0.562. The number of carbonyl (C=O) groups excluding carboxylic acids is 1. The van der Waals surface area contributed by atoms with Gasteiger partial charge in [-0.2, -0.15) is 0 Å². The lowest BCUT2D eigenvalue weighted by Crippen LogP contribution is -2.54. The van der Waals surface area contributed by atoms with Crippen LogP contribution in [0.5, 0.6) is 5.75 Å². The van der Waals surface area contributed by atoms with Gasteiger partial charge in [-0.05, 0) is 51.5 Å². The highest BCUT2D eigenvalue weighted by atomic mass is 16.3. The van der Waals surface area contributed by atoms with E-state index in [2.05, 4.69) is 25.7 Å². The second-order valence-corrected chi connectivity index (χ2v) is 6.45. The predicted octanol–water partition coefficient (Wildman–Crippen LogP) is 2.26. The topological polar surface area (TPSA) is 43.8 Å². The highest BCUT2D eigenvalue weighted by molar-refractivity contribution is 5.95. The van der Waals surface area contributed by atoms with Gasteiger partial charge in [-0.15, -0.1) is 0 Å². The summed E-state index contributed by atoms with van der Waals surface area (Å²) in [5.74, 6) is 0.271. The molecule has 4 heteroatoms. The number of hydrogen-bond acceptors (Lipinski definition) is 3. The van der Waals surface area contributed by atoms with Crippen LogP contribution in [0, 0.1) is 6.92 Å². The minimum atomic E-state index is 0.0658. The number of aromatic hydroxyl groups is 1. The van der Waals surface area contributed by atoms with Crippen LogP contribution in [0.3, 0.4) is 0 Å². The van der Waals surface area contributed by atoms with Gasteiger partial charge in [-0.25, -0.2) is 0 Å². The maximum atomic E-state index is 12.5. The minimum Gasteiger partial charge on any atom is -0.508 e. The Balaban J connectivity index is 2.05. The van der Waals surface area contributed by atoms with Crippen LogP contribution in [0.25, 0.3) is 0 Å². The fourth-order valence-electron chi connectivity index (χ4n) is 2.64. The first-order valence-corrected chi connectivity index (χ1v) is 7.13. The van der Waals surface area contributed by atoms with Gasteiger partial charge in [0.05, 0.1) is 0 Å². The second kappa shape index (κ2) is 5.44. The fourth-order valence-corrected chi connectivity index (χ4v) is 2.64. The van der Waals surface area contributed by atoms with Crippen molar-refractivity contribution in [1.82, 2.24) is 9.80 Å². The van der Waals surface area contributed by atoms with E-state index in [1.54, 1.807) is 18.2 Å². The molecule has 2 rings (SSSR count). The third-order valence-corrected chi connectivity index (χ3v) is 3.96. The van der Waals surface area contributed by atoms with E-state index < -0.39 is 0 Å². The van der Waals surface area contributed by atoms with Crippen molar-refractivity contribution in [2.45, 2.75) is 33.2 Å². The zero-order valence-corrected chi connectivity index (χ0v) is 12.8. The van der Waals surface area contributed by atoms with Gasteiger partial charge in [0.1, 0.15) is 5.75 Å². The lowest BCUT2D eigenvalue weighted by molar-refractivity contribution is 0.0450. The molecule has 0 unspecified atom stereocenters. The molecule has 1 aromatic carbocycles. The number of piperazine rings is 1. The molecule has 0 bridgehead atoms. The summed E-state index contributed by atoms with van der Waals surface area (Å²) >= 11 is 0. The van der Waals surface area contributed by atoms with Crippen LogP contribution < -0.4 is 0 Å². The number of benzene rings is 1. The van der Waals surface area contributed by atoms with E-state index >= 15 is 0 Å². The Bertz CT molecular complexity index is 498. The van der Waals surface area contributed by atoms with Crippen molar-refractivity contribution in [2.75, 3.05) is 26.2 Å². The summed E-state index contributed by atoms with van der Waals surface area (Å²) in [4.78, 5) is 16.8. The average Bonchev–Trinajstić information content (AvgIpc) is 2.37. The quantitative estimate of drug-likeness (QED) is 0.855. The van der Waals surface area contributed by atoms with E-state index in [0.29, 0.717) is 5.56 Å². The van der Waals surface area contributed by atoms with Gasteiger partial charge in [0.15, 0.2) is 0 Å². The summed E-state index contributed by atoms with van der Waals surface area (Å²) < 4.78 is 0. The number of phenolic OH excluding ortho intramolecular Hbond substituents is 1. The van der Waals surface area contributed by atoms with E-state index in [-0.39, 0.29) is 17.2 Å². The lowest BCUT2D eigenvalue weighted by Gasteiger charge is -2.42. The molecular formula is C16H24N2O2. The molecule has 0 radical (unpaired) electrons. The molecule has 0 saturated carbocycles. The van der Waals surface area contributed by atoms with Crippen LogP contribution in [0.2, 0.25) is 0 Å². The van der Waals surface area contributed by atoms with Crippen molar-refractivity contribution < 1.29 is 9.90 Å². The Morgan fingerprint density at radius 1 is 1.15 bits per heavy atom. The van der Waals surface area contributed by atoms with Crippen molar-refractivity contribution in [3.8, 4) is 5.75 Å². The molecule has 0 atom stereocenters. The third kappa shape index (κ3) is 3.12. The van der Waals surface area contributed by atoms with Crippen molar-refractivity contribution in [3.05, 3.63) is 29.3 Å². The van der Waals surface area contributed by atoms with E-state index in [1.807, 2.05) is 11.8 Å². The Labute approximate surface area is 121 Å². The number of aryl methyl sites for hydroxylation is 1. The number of nitrogens with zero attached hydrogens (tertiary/aromatic N) is 2. The number of amides is 1. The second-order valence-electron chi connectivity index (χ2n) is 6.45. The van der Waals surface area contributed by atoms with Crippen molar-refractivity contribution in [1.29, 1.82) is 0 Å². The first kappa shape index (κ1) is 14.9. The molecule has 1 fully saturated rings. The summed E-state index contributed by atoms with van der Waals surface area (Å²) in [5.41, 5.74) is 1.67. The van der Waals surface area contributed by atoms with Crippen LogP contribution in [0.1, 0.15) is 36.7 Å². The van der Waals surface area contributed by atoms with E-state index in [4.69, 9.17) is 0 Å². The number of carbonyl (C=O) groups is 1. The first-order valence-electron chi connectivity index (χ1n) is 7.13. The average molecular weight is 276 g/mol. The molecule has 0 aromatic heterocycles. The van der Waals surface area contributed by atoms with E-state index in [1.165, 1.54) is 0 Å². The van der Waals surface area contributed by atoms with Gasteiger partial charge in [0, 0.05) is 37.3 Å². The molecule has 1 aliphatic rings. The van der Waals surface area contributed by atoms with Gasteiger partial charge in [-0.1, -0.05) is 0 Å². The van der Waals surface area contributed by atoms with Gasteiger partial charge in [0.2, 0.25) is 0 Å². The Hall–Kier alpha value is -1.55. The zero-order chi connectivity index (χ0) is 14.9. The summed E-state index contributed by atoms with van der Waals surface area (Å²) in [7, 11) is 0. The molecular weight excluding hydrogens is 252 g/mol.